The first kappa shape index (κ1) is 24.3. The van der Waals surface area contributed by atoms with Gasteiger partial charge in [0.2, 0.25) is 10.0 Å². The molecule has 0 aliphatic heterocycles. The van der Waals surface area contributed by atoms with E-state index in [9.17, 15) is 8.42 Å². The van der Waals surface area contributed by atoms with Gasteiger partial charge in [0.25, 0.3) is 0 Å². The van der Waals surface area contributed by atoms with Crippen LogP contribution in [0.5, 0.6) is 5.75 Å². The van der Waals surface area contributed by atoms with Gasteiger partial charge < -0.3 is 15.2 Å². The summed E-state index contributed by atoms with van der Waals surface area (Å²) in [5, 5.41) is 14.0. The van der Waals surface area contributed by atoms with Crippen LogP contribution in [-0.2, 0) is 10.0 Å². The number of nitrogens with one attached hydrogen (secondary N) is 2. The van der Waals surface area contributed by atoms with Crippen molar-refractivity contribution in [1.82, 2.24) is 4.72 Å². The van der Waals surface area contributed by atoms with Crippen molar-refractivity contribution in [2.24, 2.45) is 0 Å². The van der Waals surface area contributed by atoms with Crippen LogP contribution in [0, 0.1) is 0 Å². The molecule has 3 aromatic carbocycles. The van der Waals surface area contributed by atoms with E-state index in [4.69, 9.17) is 21.4 Å². The van der Waals surface area contributed by atoms with E-state index in [0.717, 1.165) is 49.1 Å². The Kier molecular flexibility index (Phi) is 9.17. The zero-order valence-electron chi connectivity index (χ0n) is 17.9. The lowest BCUT2D eigenvalue weighted by molar-refractivity contribution is 0.201. The van der Waals surface area contributed by atoms with E-state index in [-0.39, 0.29) is 11.5 Å². The molecule has 0 bridgehead atoms. The molecule has 6 nitrogen and oxygen atoms in total. The van der Waals surface area contributed by atoms with Crippen LogP contribution in [0.2, 0.25) is 5.02 Å². The lowest BCUT2D eigenvalue weighted by atomic mass is 10.1. The molecule has 172 valence electrons. The van der Waals surface area contributed by atoms with Crippen molar-refractivity contribution < 1.29 is 18.3 Å². The fourth-order valence-corrected chi connectivity index (χ4v) is 4.96. The number of hydrogen-bond acceptors (Lipinski definition) is 5. The van der Waals surface area contributed by atoms with Crippen molar-refractivity contribution in [3.05, 3.63) is 65.7 Å². The van der Waals surface area contributed by atoms with Gasteiger partial charge in [-0.1, -0.05) is 48.7 Å². The molecule has 0 heterocycles. The molecule has 0 unspecified atom stereocenters. The van der Waals surface area contributed by atoms with Gasteiger partial charge in [-0.15, -0.1) is 0 Å². The normalized spacial score (nSPS) is 11.6. The summed E-state index contributed by atoms with van der Waals surface area (Å²) in [7, 11) is -3.59. The Morgan fingerprint density at radius 1 is 0.844 bits per heavy atom. The zero-order valence-corrected chi connectivity index (χ0v) is 19.5. The zero-order chi connectivity index (χ0) is 22.8. The van der Waals surface area contributed by atoms with Gasteiger partial charge in [-0.3, -0.25) is 0 Å². The lowest BCUT2D eigenvalue weighted by Gasteiger charge is -2.10. The third kappa shape index (κ3) is 6.84. The molecule has 0 fully saturated rings. The number of halogens is 1. The van der Waals surface area contributed by atoms with Crippen LogP contribution in [-0.4, -0.2) is 39.8 Å². The number of aliphatic hydroxyl groups is 1. The number of rotatable bonds is 13. The number of aliphatic hydroxyl groups excluding tert-OH is 1. The molecule has 0 atom stereocenters. The van der Waals surface area contributed by atoms with Crippen LogP contribution >= 0.6 is 11.6 Å². The molecule has 0 radical (unpaired) electrons. The lowest BCUT2D eigenvalue weighted by Crippen LogP contribution is -2.25. The second-order valence-corrected chi connectivity index (χ2v) is 9.57. The average Bonchev–Trinajstić information content (AvgIpc) is 2.80. The summed E-state index contributed by atoms with van der Waals surface area (Å²) in [6.45, 7) is 1.54. The molecular weight excluding hydrogens is 448 g/mol. The summed E-state index contributed by atoms with van der Waals surface area (Å²) < 4.78 is 33.5. The smallest absolute Gasteiger partial charge is 0.241 e. The van der Waals surface area contributed by atoms with Crippen molar-refractivity contribution >= 4 is 38.1 Å². The van der Waals surface area contributed by atoms with Crippen LogP contribution in [0.25, 0.3) is 10.8 Å². The minimum atomic E-state index is -3.59. The third-order valence-electron chi connectivity index (χ3n) is 5.06. The number of fused-ring (bicyclic) bond motifs is 1. The number of unbranched alkanes of at least 4 members (excludes halogenated alkanes) is 3. The molecular formula is C24H29ClN2O4S. The number of benzene rings is 3. The van der Waals surface area contributed by atoms with Gasteiger partial charge in [-0.25, -0.2) is 13.1 Å². The van der Waals surface area contributed by atoms with Gasteiger partial charge in [0, 0.05) is 34.6 Å². The van der Waals surface area contributed by atoms with Crippen LogP contribution in [0.4, 0.5) is 5.69 Å². The largest absolute Gasteiger partial charge is 0.491 e. The van der Waals surface area contributed by atoms with E-state index in [1.54, 1.807) is 30.3 Å². The fourth-order valence-electron chi connectivity index (χ4n) is 3.43. The predicted molar refractivity (Wildman–Crippen MR) is 130 cm³/mol. The Morgan fingerprint density at radius 3 is 2.28 bits per heavy atom. The molecule has 0 amide bonds. The fraction of sp³-hybridized carbons (Fsp3) is 0.333. The maximum atomic E-state index is 12.7. The molecule has 0 saturated heterocycles. The van der Waals surface area contributed by atoms with Crippen LogP contribution in [0.1, 0.15) is 25.7 Å². The second-order valence-electron chi connectivity index (χ2n) is 7.43. The molecule has 3 rings (SSSR count). The van der Waals surface area contributed by atoms with Crippen LogP contribution in [0.15, 0.2) is 65.6 Å². The van der Waals surface area contributed by atoms with Crippen LogP contribution in [0.3, 0.4) is 0 Å². The van der Waals surface area contributed by atoms with Gasteiger partial charge in [-0.05, 0) is 49.2 Å². The molecule has 0 aromatic heterocycles. The highest BCUT2D eigenvalue weighted by molar-refractivity contribution is 7.89. The highest BCUT2D eigenvalue weighted by Crippen LogP contribution is 2.28. The summed E-state index contributed by atoms with van der Waals surface area (Å²) >= 11 is 6.20. The van der Waals surface area contributed by atoms with Gasteiger partial charge in [0.15, 0.2) is 0 Å². The van der Waals surface area contributed by atoms with E-state index >= 15 is 0 Å². The van der Waals surface area contributed by atoms with Crippen molar-refractivity contribution in [2.45, 2.75) is 30.6 Å². The van der Waals surface area contributed by atoms with Crippen molar-refractivity contribution in [3.63, 3.8) is 0 Å². The first-order valence-electron chi connectivity index (χ1n) is 10.8. The summed E-state index contributed by atoms with van der Waals surface area (Å²) in [5.41, 5.74) is 1.02. The molecule has 0 aliphatic carbocycles. The maximum absolute atomic E-state index is 12.7. The molecule has 3 N–H and O–H groups in total. The molecule has 0 saturated carbocycles. The number of hydrogen-bond donors (Lipinski definition) is 3. The van der Waals surface area contributed by atoms with Crippen molar-refractivity contribution in [2.75, 3.05) is 31.6 Å². The Morgan fingerprint density at radius 2 is 1.53 bits per heavy atom. The summed E-state index contributed by atoms with van der Waals surface area (Å²) in [4.78, 5) is 0.259. The van der Waals surface area contributed by atoms with E-state index in [0.29, 0.717) is 23.6 Å². The van der Waals surface area contributed by atoms with Gasteiger partial charge in [0.05, 0.1) is 11.5 Å². The summed E-state index contributed by atoms with van der Waals surface area (Å²) in [6, 6.07) is 18.1. The highest BCUT2D eigenvalue weighted by Gasteiger charge is 2.17. The van der Waals surface area contributed by atoms with E-state index in [2.05, 4.69) is 10.0 Å². The maximum Gasteiger partial charge on any atom is 0.241 e. The summed E-state index contributed by atoms with van der Waals surface area (Å²) in [5.74, 6) is 0.735. The number of sulfonamides is 1. The second kappa shape index (κ2) is 12.1. The summed E-state index contributed by atoms with van der Waals surface area (Å²) in [6.07, 6.45) is 3.73. The van der Waals surface area contributed by atoms with E-state index < -0.39 is 10.0 Å². The Bertz CT molecular complexity index is 1100. The topological polar surface area (TPSA) is 87.7 Å². The first-order valence-corrected chi connectivity index (χ1v) is 12.6. The van der Waals surface area contributed by atoms with Crippen molar-refractivity contribution in [3.8, 4) is 5.75 Å². The molecule has 0 spiro atoms. The molecule has 3 aromatic rings. The third-order valence-corrected chi connectivity index (χ3v) is 6.91. The van der Waals surface area contributed by atoms with Crippen LogP contribution < -0.4 is 14.8 Å². The van der Waals surface area contributed by atoms with Gasteiger partial charge in [0.1, 0.15) is 12.4 Å². The first-order chi connectivity index (χ1) is 15.5. The Balaban J connectivity index is 1.36. The monoisotopic (exact) mass is 476 g/mol. The highest BCUT2D eigenvalue weighted by atomic mass is 35.5. The average molecular weight is 477 g/mol. The predicted octanol–water partition coefficient (Wildman–Crippen LogP) is 4.82. The minimum absolute atomic E-state index is 0.000509. The number of ether oxygens (including phenoxy) is 1. The van der Waals surface area contributed by atoms with Gasteiger partial charge >= 0.3 is 0 Å². The Labute approximate surface area is 194 Å². The van der Waals surface area contributed by atoms with E-state index in [1.807, 2.05) is 30.3 Å². The molecule has 8 heteroatoms. The Hall–Kier alpha value is -2.32. The minimum Gasteiger partial charge on any atom is -0.491 e. The number of anilines is 1. The SMILES string of the molecule is O=S(=O)(NCCCCCCNc1ccc(OCCO)cc1)c1cccc2c(Cl)cccc12. The van der Waals surface area contributed by atoms with Gasteiger partial charge in [-0.2, -0.15) is 0 Å². The standard InChI is InChI=1S/C24H29ClN2O4S/c25-23-9-5-8-22-21(23)7-6-10-24(22)32(29,30)27-16-4-2-1-3-15-26-19-11-13-20(14-12-19)31-18-17-28/h5-14,26-28H,1-4,15-18H2. The van der Waals surface area contributed by atoms with E-state index in [1.165, 1.54) is 0 Å². The van der Waals surface area contributed by atoms with Crippen molar-refractivity contribution in [1.29, 1.82) is 0 Å². The molecule has 32 heavy (non-hydrogen) atoms. The molecule has 0 aliphatic rings. The quantitative estimate of drug-likeness (QED) is 0.308.